The van der Waals surface area contributed by atoms with Crippen LogP contribution in [-0.2, 0) is 12.8 Å². The lowest BCUT2D eigenvalue weighted by molar-refractivity contribution is -0.0498. The van der Waals surface area contributed by atoms with Crippen LogP contribution in [0.4, 0.5) is 8.78 Å². The second-order valence-electron chi connectivity index (χ2n) is 7.02. The molecule has 3 nitrogen and oxygen atoms in total. The molecule has 0 radical (unpaired) electrons. The number of aryl methyl sites for hydroxylation is 1. The van der Waals surface area contributed by atoms with Crippen LogP contribution in [0.15, 0.2) is 53.6 Å². The maximum absolute atomic E-state index is 12.2. The first-order valence-electron chi connectivity index (χ1n) is 9.43. The van der Waals surface area contributed by atoms with Crippen LogP contribution in [0.1, 0.15) is 17.5 Å². The second kappa shape index (κ2) is 9.94. The van der Waals surface area contributed by atoms with Gasteiger partial charge in [-0.25, -0.2) is 0 Å². The highest BCUT2D eigenvalue weighted by molar-refractivity contribution is 7.99. The molecule has 3 aromatic rings. The van der Waals surface area contributed by atoms with E-state index in [0.717, 1.165) is 37.1 Å². The smallest absolute Gasteiger partial charge is 0.387 e. The molecule has 6 heteroatoms. The summed E-state index contributed by atoms with van der Waals surface area (Å²) in [4.78, 5) is 6.90. The van der Waals surface area contributed by atoms with Crippen molar-refractivity contribution in [2.45, 2.75) is 30.8 Å². The third-order valence-electron chi connectivity index (χ3n) is 4.59. The fraction of sp³-hybridized carbons (Fsp3) is 0.364. The number of aromatic amines is 1. The van der Waals surface area contributed by atoms with E-state index in [1.54, 1.807) is 12.1 Å². The van der Waals surface area contributed by atoms with E-state index in [-0.39, 0.29) is 5.75 Å². The van der Waals surface area contributed by atoms with Crippen LogP contribution in [-0.4, -0.2) is 42.9 Å². The number of hydrogen-bond acceptors (Lipinski definition) is 3. The lowest BCUT2D eigenvalue weighted by Crippen LogP contribution is -2.14. The van der Waals surface area contributed by atoms with Gasteiger partial charge in [-0.1, -0.05) is 18.2 Å². The average Bonchev–Trinajstić information content (AvgIpc) is 3.08. The molecule has 0 amide bonds. The van der Waals surface area contributed by atoms with Crippen LogP contribution in [0.2, 0.25) is 0 Å². The van der Waals surface area contributed by atoms with Crippen LogP contribution in [0, 0.1) is 0 Å². The Morgan fingerprint density at radius 3 is 2.57 bits per heavy atom. The third-order valence-corrected chi connectivity index (χ3v) is 5.74. The second-order valence-corrected chi connectivity index (χ2v) is 8.16. The maximum Gasteiger partial charge on any atom is 0.387 e. The van der Waals surface area contributed by atoms with Gasteiger partial charge in [-0.2, -0.15) is 8.78 Å². The van der Waals surface area contributed by atoms with Crippen molar-refractivity contribution in [1.82, 2.24) is 9.88 Å². The van der Waals surface area contributed by atoms with Crippen LogP contribution >= 0.6 is 11.8 Å². The van der Waals surface area contributed by atoms with E-state index in [0.29, 0.717) is 0 Å². The number of fused-ring (bicyclic) bond motifs is 1. The highest BCUT2D eigenvalue weighted by atomic mass is 32.2. The molecule has 0 aliphatic rings. The minimum atomic E-state index is -2.78. The molecule has 28 heavy (non-hydrogen) atoms. The maximum atomic E-state index is 12.2. The number of thioether (sulfide) groups is 1. The highest BCUT2D eigenvalue weighted by Crippen LogP contribution is 2.31. The molecule has 1 heterocycles. The monoisotopic (exact) mass is 404 g/mol. The molecular weight excluding hydrogens is 378 g/mol. The predicted octanol–water partition coefficient (Wildman–Crippen LogP) is 5.60. The quantitative estimate of drug-likeness (QED) is 0.352. The Morgan fingerprint density at radius 1 is 1.07 bits per heavy atom. The number of alkyl halides is 2. The van der Waals surface area contributed by atoms with Crippen molar-refractivity contribution in [3.8, 4) is 5.75 Å². The van der Waals surface area contributed by atoms with Gasteiger partial charge in [-0.15, -0.1) is 11.8 Å². The number of halogens is 2. The topological polar surface area (TPSA) is 28.3 Å². The van der Waals surface area contributed by atoms with E-state index in [2.05, 4.69) is 53.1 Å². The van der Waals surface area contributed by atoms with Gasteiger partial charge < -0.3 is 14.6 Å². The number of nitrogens with one attached hydrogen (secondary N) is 1. The minimum Gasteiger partial charge on any atom is -0.435 e. The predicted molar refractivity (Wildman–Crippen MR) is 113 cm³/mol. The summed E-state index contributed by atoms with van der Waals surface area (Å²) in [6.07, 6.45) is 5.09. The van der Waals surface area contributed by atoms with Gasteiger partial charge in [0.25, 0.3) is 0 Å². The average molecular weight is 405 g/mol. The zero-order valence-electron chi connectivity index (χ0n) is 16.3. The lowest BCUT2D eigenvalue weighted by Gasteiger charge is -2.10. The fourth-order valence-electron chi connectivity index (χ4n) is 3.18. The summed E-state index contributed by atoms with van der Waals surface area (Å²) < 4.78 is 28.8. The number of hydrogen-bond donors (Lipinski definition) is 1. The molecule has 0 aliphatic heterocycles. The van der Waals surface area contributed by atoms with E-state index >= 15 is 0 Å². The summed E-state index contributed by atoms with van der Waals surface area (Å²) in [5.41, 5.74) is 3.68. The van der Waals surface area contributed by atoms with Crippen LogP contribution in [0.25, 0.3) is 10.9 Å². The summed E-state index contributed by atoms with van der Waals surface area (Å²) in [7, 11) is 4.19. The van der Waals surface area contributed by atoms with E-state index in [4.69, 9.17) is 0 Å². The molecule has 3 rings (SSSR count). The largest absolute Gasteiger partial charge is 0.435 e. The zero-order chi connectivity index (χ0) is 19.9. The summed E-state index contributed by atoms with van der Waals surface area (Å²) >= 11 is 1.88. The van der Waals surface area contributed by atoms with Crippen molar-refractivity contribution >= 4 is 22.7 Å². The highest BCUT2D eigenvalue weighted by Gasteiger charge is 2.09. The Labute approximate surface area is 169 Å². The fourth-order valence-corrected chi connectivity index (χ4v) is 4.25. The molecule has 2 aromatic carbocycles. The normalized spacial score (nSPS) is 11.6. The van der Waals surface area contributed by atoms with Crippen molar-refractivity contribution in [3.63, 3.8) is 0 Å². The zero-order valence-corrected chi connectivity index (χ0v) is 17.1. The van der Waals surface area contributed by atoms with E-state index in [9.17, 15) is 8.78 Å². The number of aromatic nitrogens is 1. The summed E-state index contributed by atoms with van der Waals surface area (Å²) in [5.74, 6) is 1.21. The van der Waals surface area contributed by atoms with Crippen LogP contribution in [0.3, 0.4) is 0 Å². The molecular formula is C22H26F2N2OS. The standard InChI is InChI=1S/C22H26F2N2OS/c1-26(2)13-12-17-15-25-19-6-3-7-20(21(17)19)28-14-4-5-16-8-10-18(11-9-16)27-22(23)24/h3,6-11,15,22,25H,4-5,12-14H2,1-2H3. The first-order chi connectivity index (χ1) is 13.5. The number of nitrogens with zero attached hydrogens (tertiary/aromatic N) is 1. The summed E-state index contributed by atoms with van der Waals surface area (Å²) in [6, 6.07) is 13.3. The molecule has 0 bridgehead atoms. The Hall–Kier alpha value is -2.05. The Kier molecular flexibility index (Phi) is 7.34. The summed E-state index contributed by atoms with van der Waals surface area (Å²) in [5, 5.41) is 1.34. The minimum absolute atomic E-state index is 0.206. The number of rotatable bonds is 10. The van der Waals surface area contributed by atoms with Gasteiger partial charge in [0.1, 0.15) is 5.75 Å². The van der Waals surface area contributed by atoms with Crippen molar-refractivity contribution in [2.24, 2.45) is 0 Å². The summed E-state index contributed by atoms with van der Waals surface area (Å²) in [6.45, 7) is -1.75. The van der Waals surface area contributed by atoms with Crippen LogP contribution < -0.4 is 4.74 Å². The van der Waals surface area contributed by atoms with Crippen LogP contribution in [0.5, 0.6) is 5.75 Å². The molecule has 0 aliphatic carbocycles. The van der Waals surface area contributed by atoms with Gasteiger partial charge in [-0.3, -0.25) is 0 Å². The van der Waals surface area contributed by atoms with Gasteiger partial charge >= 0.3 is 6.61 Å². The molecule has 1 aromatic heterocycles. The first kappa shape index (κ1) is 20.7. The number of likely N-dealkylation sites (N-methyl/N-ethyl adjacent to an activating group) is 1. The van der Waals surface area contributed by atoms with Gasteiger partial charge in [0.2, 0.25) is 0 Å². The first-order valence-corrected chi connectivity index (χ1v) is 10.4. The van der Waals surface area contributed by atoms with Gasteiger partial charge in [0, 0.05) is 28.5 Å². The Bertz CT molecular complexity index is 878. The van der Waals surface area contributed by atoms with Crippen molar-refractivity contribution < 1.29 is 13.5 Å². The van der Waals surface area contributed by atoms with Gasteiger partial charge in [0.15, 0.2) is 0 Å². The van der Waals surface area contributed by atoms with E-state index < -0.39 is 6.61 Å². The van der Waals surface area contributed by atoms with Crippen molar-refractivity contribution in [1.29, 1.82) is 0 Å². The SMILES string of the molecule is CN(C)CCc1c[nH]c2cccc(SCCCc3ccc(OC(F)F)cc3)c12. The lowest BCUT2D eigenvalue weighted by atomic mass is 10.1. The molecule has 150 valence electrons. The molecule has 0 unspecified atom stereocenters. The molecule has 0 saturated heterocycles. The number of ether oxygens (including phenoxy) is 1. The van der Waals surface area contributed by atoms with Gasteiger partial charge in [0.05, 0.1) is 0 Å². The van der Waals surface area contributed by atoms with Crippen molar-refractivity contribution in [3.05, 3.63) is 59.8 Å². The van der Waals surface area contributed by atoms with E-state index in [1.807, 2.05) is 23.9 Å². The van der Waals surface area contributed by atoms with E-state index in [1.165, 1.54) is 21.4 Å². The molecule has 1 N–H and O–H groups in total. The van der Waals surface area contributed by atoms with Gasteiger partial charge in [-0.05, 0) is 74.5 Å². The number of benzene rings is 2. The molecule has 0 spiro atoms. The third kappa shape index (κ3) is 5.72. The molecule has 0 fully saturated rings. The molecule has 0 saturated carbocycles. The molecule has 0 atom stereocenters. The Balaban J connectivity index is 1.56. The van der Waals surface area contributed by atoms with Crippen molar-refractivity contribution in [2.75, 3.05) is 26.4 Å². The number of H-pyrrole nitrogens is 1. The Morgan fingerprint density at radius 2 is 1.86 bits per heavy atom.